The van der Waals surface area contributed by atoms with Gasteiger partial charge in [-0.15, -0.1) is 0 Å². The van der Waals surface area contributed by atoms with E-state index in [2.05, 4.69) is 20.7 Å². The molecule has 3 nitrogen and oxygen atoms in total. The fourth-order valence-corrected chi connectivity index (χ4v) is 3.80. The highest BCUT2D eigenvalue weighted by Crippen LogP contribution is 2.33. The molecule has 0 aromatic heterocycles. The second-order valence-corrected chi connectivity index (χ2v) is 6.81. The van der Waals surface area contributed by atoms with Crippen LogP contribution < -0.4 is 4.72 Å². The van der Waals surface area contributed by atoms with Crippen LogP contribution in [0.15, 0.2) is 45.8 Å². The Morgan fingerprint density at radius 3 is 2.39 bits per heavy atom. The lowest BCUT2D eigenvalue weighted by molar-refractivity contribution is 0.588. The highest BCUT2D eigenvalue weighted by atomic mass is 79.9. The van der Waals surface area contributed by atoms with Crippen LogP contribution in [0.3, 0.4) is 0 Å². The lowest BCUT2D eigenvalue weighted by Crippen LogP contribution is -2.21. The Morgan fingerprint density at radius 2 is 1.67 bits per heavy atom. The van der Waals surface area contributed by atoms with Gasteiger partial charge in [-0.3, -0.25) is 0 Å². The van der Waals surface area contributed by atoms with Gasteiger partial charge in [-0.2, -0.15) is 0 Å². The van der Waals surface area contributed by atoms with E-state index in [1.807, 2.05) is 24.3 Å². The summed E-state index contributed by atoms with van der Waals surface area (Å²) in [6.07, 6.45) is 1.71. The van der Waals surface area contributed by atoms with Crippen molar-refractivity contribution in [3.8, 4) is 0 Å². The molecule has 18 heavy (non-hydrogen) atoms. The molecule has 0 saturated heterocycles. The zero-order valence-corrected chi connectivity index (χ0v) is 11.9. The van der Waals surface area contributed by atoms with Crippen LogP contribution >= 0.6 is 15.9 Å². The van der Waals surface area contributed by atoms with Crippen molar-refractivity contribution in [2.24, 2.45) is 0 Å². The number of nitrogens with one attached hydrogen (secondary N) is 1. The first-order chi connectivity index (χ1) is 8.58. The minimum atomic E-state index is -3.45. The van der Waals surface area contributed by atoms with E-state index >= 15 is 0 Å². The summed E-state index contributed by atoms with van der Waals surface area (Å²) >= 11 is 3.44. The molecule has 2 aromatic rings. The number of rotatable bonds is 3. The Bertz CT molecular complexity index is 708. The predicted molar refractivity (Wildman–Crippen MR) is 74.4 cm³/mol. The van der Waals surface area contributed by atoms with Gasteiger partial charge in [-0.1, -0.05) is 40.2 Å². The van der Waals surface area contributed by atoms with Crippen LogP contribution in [0.25, 0.3) is 10.8 Å². The molecule has 3 rings (SSSR count). The smallest absolute Gasteiger partial charge is 0.207 e. The maximum Gasteiger partial charge on any atom is 0.241 e. The van der Waals surface area contributed by atoms with Crippen molar-refractivity contribution >= 4 is 36.7 Å². The van der Waals surface area contributed by atoms with E-state index in [9.17, 15) is 8.42 Å². The minimum absolute atomic E-state index is 0.334. The molecule has 1 aliphatic carbocycles. The van der Waals surface area contributed by atoms with Crippen LogP contribution in [0.5, 0.6) is 0 Å². The molecule has 1 fully saturated rings. The largest absolute Gasteiger partial charge is 0.241 e. The zero-order chi connectivity index (χ0) is 12.8. The molecule has 5 heteroatoms. The Labute approximate surface area is 114 Å². The van der Waals surface area contributed by atoms with Crippen LogP contribution in [-0.2, 0) is 10.0 Å². The molecule has 0 amide bonds. The first-order valence-electron chi connectivity index (χ1n) is 5.63. The summed E-state index contributed by atoms with van der Waals surface area (Å²) in [5.41, 5.74) is 0. The fraction of sp³-hybridized carbons (Fsp3) is 0.154. The van der Waals surface area contributed by atoms with Crippen molar-refractivity contribution in [2.45, 2.75) is 17.7 Å². The molecule has 0 bridgehead atoms. The third-order valence-corrected chi connectivity index (χ3v) is 5.08. The summed E-state index contributed by atoms with van der Waals surface area (Å²) in [7, 11) is -3.45. The van der Waals surface area contributed by atoms with Crippen molar-refractivity contribution in [1.82, 2.24) is 4.72 Å². The molecule has 93 valence electrons. The van der Waals surface area contributed by atoms with E-state index in [-0.39, 0.29) is 0 Å². The Balaban J connectivity index is 2.19. The first-order valence-corrected chi connectivity index (χ1v) is 7.90. The summed E-state index contributed by atoms with van der Waals surface area (Å²) < 4.78 is 28.1. The van der Waals surface area contributed by atoms with Gasteiger partial charge >= 0.3 is 0 Å². The van der Waals surface area contributed by atoms with Crippen molar-refractivity contribution in [2.75, 3.05) is 0 Å². The Hall–Kier alpha value is -0.910. The fourth-order valence-electron chi connectivity index (χ4n) is 1.89. The normalized spacial score (nSPS) is 16.1. The first kappa shape index (κ1) is 12.1. The van der Waals surface area contributed by atoms with E-state index in [1.165, 1.54) is 0 Å². The zero-order valence-electron chi connectivity index (χ0n) is 9.48. The minimum Gasteiger partial charge on any atom is -0.207 e. The molecule has 1 aliphatic rings. The maximum absolute atomic E-state index is 12.3. The third kappa shape index (κ3) is 2.18. The van der Waals surface area contributed by atoms with Crippen molar-refractivity contribution in [3.63, 3.8) is 0 Å². The molecule has 0 spiro atoms. The van der Waals surface area contributed by atoms with Gasteiger partial charge in [0.05, 0.1) is 10.9 Å². The van der Waals surface area contributed by atoms with Crippen LogP contribution in [0.4, 0.5) is 0 Å². The van der Waals surface area contributed by atoms with E-state index in [0.717, 1.165) is 34.1 Å². The SMILES string of the molecule is O=S(=O)(N[C]1CC1)c1cccc2c(Br)cccc12. The van der Waals surface area contributed by atoms with Gasteiger partial charge < -0.3 is 0 Å². The number of sulfonamides is 1. The molecule has 1 saturated carbocycles. The molecule has 1 N–H and O–H groups in total. The van der Waals surface area contributed by atoms with E-state index < -0.39 is 10.0 Å². The van der Waals surface area contributed by atoms with Gasteiger partial charge in [0, 0.05) is 9.86 Å². The molecule has 2 aromatic carbocycles. The van der Waals surface area contributed by atoms with Crippen molar-refractivity contribution in [3.05, 3.63) is 46.9 Å². The molecule has 0 aliphatic heterocycles. The maximum atomic E-state index is 12.3. The van der Waals surface area contributed by atoms with Gasteiger partial charge in [0.15, 0.2) is 0 Å². The molecule has 1 radical (unpaired) electrons. The number of hydrogen-bond acceptors (Lipinski definition) is 2. The van der Waals surface area contributed by atoms with Crippen LogP contribution in [-0.4, -0.2) is 8.42 Å². The molecular formula is C13H11BrNO2S. The molecule has 0 heterocycles. The van der Waals surface area contributed by atoms with E-state index in [0.29, 0.717) is 4.90 Å². The molecular weight excluding hydrogens is 314 g/mol. The molecule has 0 unspecified atom stereocenters. The highest BCUT2D eigenvalue weighted by Gasteiger charge is 2.29. The summed E-state index contributed by atoms with van der Waals surface area (Å²) in [4.78, 5) is 0.334. The van der Waals surface area contributed by atoms with Gasteiger partial charge in [-0.25, -0.2) is 13.1 Å². The number of halogens is 1. The van der Waals surface area contributed by atoms with Crippen LogP contribution in [0.2, 0.25) is 0 Å². The lowest BCUT2D eigenvalue weighted by atomic mass is 10.1. The summed E-state index contributed by atoms with van der Waals surface area (Å²) in [6, 6.07) is 11.8. The number of benzene rings is 2. The van der Waals surface area contributed by atoms with Crippen LogP contribution in [0.1, 0.15) is 12.8 Å². The average Bonchev–Trinajstić information content (AvgIpc) is 3.12. The predicted octanol–water partition coefficient (Wildman–Crippen LogP) is 3.21. The van der Waals surface area contributed by atoms with E-state index in [1.54, 1.807) is 12.1 Å². The summed E-state index contributed by atoms with van der Waals surface area (Å²) in [5.74, 6) is 0. The average molecular weight is 325 g/mol. The Kier molecular flexibility index (Phi) is 2.92. The van der Waals surface area contributed by atoms with Gasteiger partial charge in [0.1, 0.15) is 0 Å². The van der Waals surface area contributed by atoms with E-state index in [4.69, 9.17) is 0 Å². The van der Waals surface area contributed by atoms with Crippen LogP contribution in [0, 0.1) is 6.04 Å². The lowest BCUT2D eigenvalue weighted by Gasteiger charge is -2.09. The molecule has 0 atom stereocenters. The summed E-state index contributed by atoms with van der Waals surface area (Å²) in [6.45, 7) is 0. The Morgan fingerprint density at radius 1 is 1.00 bits per heavy atom. The monoisotopic (exact) mass is 324 g/mol. The highest BCUT2D eigenvalue weighted by molar-refractivity contribution is 9.10. The van der Waals surface area contributed by atoms with Gasteiger partial charge in [0.2, 0.25) is 10.0 Å². The standard InChI is InChI=1S/C13H11BrNO2S/c14-12-5-1-4-11-10(12)3-2-6-13(11)18(16,17)15-9-7-8-9/h1-6,15H,7-8H2. The number of fused-ring (bicyclic) bond motifs is 1. The number of hydrogen-bond donors (Lipinski definition) is 1. The second-order valence-electron chi connectivity index (χ2n) is 4.30. The summed E-state index contributed by atoms with van der Waals surface area (Å²) in [5, 5.41) is 1.64. The quantitative estimate of drug-likeness (QED) is 0.942. The van der Waals surface area contributed by atoms with Gasteiger partial charge in [-0.05, 0) is 30.4 Å². The second kappa shape index (κ2) is 4.33. The van der Waals surface area contributed by atoms with Gasteiger partial charge in [0.25, 0.3) is 0 Å². The third-order valence-electron chi connectivity index (χ3n) is 2.90. The van der Waals surface area contributed by atoms with Crippen molar-refractivity contribution < 1.29 is 8.42 Å². The topological polar surface area (TPSA) is 46.2 Å². The van der Waals surface area contributed by atoms with Crippen molar-refractivity contribution in [1.29, 1.82) is 0 Å².